The van der Waals surface area contributed by atoms with Gasteiger partial charge >= 0.3 is 0 Å². The molecule has 2 saturated heterocycles. The molecule has 0 atom stereocenters. The van der Waals surface area contributed by atoms with Crippen LogP contribution in [0.2, 0.25) is 0 Å². The number of nitrogens with zero attached hydrogens (tertiary/aromatic N) is 2. The van der Waals surface area contributed by atoms with Crippen molar-refractivity contribution in [2.45, 2.75) is 19.3 Å². The molecule has 0 unspecified atom stereocenters. The summed E-state index contributed by atoms with van der Waals surface area (Å²) in [6.07, 6.45) is 2.72. The lowest BCUT2D eigenvalue weighted by Gasteiger charge is -2.28. The summed E-state index contributed by atoms with van der Waals surface area (Å²) < 4.78 is 0. The van der Waals surface area contributed by atoms with E-state index in [-0.39, 0.29) is 17.7 Å². The Morgan fingerprint density at radius 1 is 0.913 bits per heavy atom. The summed E-state index contributed by atoms with van der Waals surface area (Å²) in [5.74, 6) is 0.509. The number of benzene rings is 1. The van der Waals surface area contributed by atoms with E-state index in [1.165, 1.54) is 0 Å². The number of rotatable bonds is 2. The Balaban J connectivity index is 1.58. The lowest BCUT2D eigenvalue weighted by molar-refractivity contribution is -0.136. The Morgan fingerprint density at radius 3 is 2.30 bits per heavy atom. The van der Waals surface area contributed by atoms with Gasteiger partial charge < -0.3 is 15.1 Å². The summed E-state index contributed by atoms with van der Waals surface area (Å²) in [4.78, 5) is 29.0. The largest absolute Gasteiger partial charge is 0.341 e. The highest BCUT2D eigenvalue weighted by molar-refractivity contribution is 5.94. The quantitative estimate of drug-likeness (QED) is 0.896. The topological polar surface area (TPSA) is 52.7 Å². The zero-order valence-corrected chi connectivity index (χ0v) is 13.5. The number of hydrogen-bond acceptors (Lipinski definition) is 3. The first-order valence-corrected chi connectivity index (χ1v) is 8.59. The highest BCUT2D eigenvalue weighted by Gasteiger charge is 2.28. The Bertz CT molecular complexity index is 540. The van der Waals surface area contributed by atoms with Crippen LogP contribution in [0.25, 0.3) is 0 Å². The molecule has 5 heteroatoms. The first-order valence-electron chi connectivity index (χ1n) is 8.59. The van der Waals surface area contributed by atoms with Gasteiger partial charge in [-0.05, 0) is 44.5 Å². The number of amides is 2. The van der Waals surface area contributed by atoms with Crippen molar-refractivity contribution < 1.29 is 9.59 Å². The van der Waals surface area contributed by atoms with Gasteiger partial charge in [0.15, 0.2) is 0 Å². The number of carbonyl (C=O) groups excluding carboxylic acids is 2. The Morgan fingerprint density at radius 2 is 1.57 bits per heavy atom. The first-order chi connectivity index (χ1) is 11.3. The third kappa shape index (κ3) is 3.91. The number of nitrogens with one attached hydrogen (secondary N) is 1. The molecule has 124 valence electrons. The normalized spacial score (nSPS) is 20.2. The van der Waals surface area contributed by atoms with Crippen molar-refractivity contribution in [2.24, 2.45) is 5.92 Å². The molecular weight excluding hydrogens is 290 g/mol. The predicted octanol–water partition coefficient (Wildman–Crippen LogP) is 1.36. The minimum Gasteiger partial charge on any atom is -0.341 e. The summed E-state index contributed by atoms with van der Waals surface area (Å²) in [6.45, 7) is 4.64. The summed E-state index contributed by atoms with van der Waals surface area (Å²) in [7, 11) is 0. The zero-order chi connectivity index (χ0) is 16.1. The maximum atomic E-state index is 12.6. The maximum absolute atomic E-state index is 12.6. The fourth-order valence-electron chi connectivity index (χ4n) is 3.43. The minimum absolute atomic E-state index is 0.0711. The van der Waals surface area contributed by atoms with Gasteiger partial charge in [0.25, 0.3) is 5.91 Å². The summed E-state index contributed by atoms with van der Waals surface area (Å²) in [5, 5.41) is 3.30. The van der Waals surface area contributed by atoms with Gasteiger partial charge in [0.1, 0.15) is 0 Å². The van der Waals surface area contributed by atoms with E-state index in [1.54, 1.807) is 0 Å². The van der Waals surface area contributed by atoms with Crippen LogP contribution in [0.15, 0.2) is 30.3 Å². The molecular formula is C18H25N3O2. The number of piperidine rings is 1. The van der Waals surface area contributed by atoms with Crippen LogP contribution in [0.1, 0.15) is 29.6 Å². The van der Waals surface area contributed by atoms with Crippen molar-refractivity contribution in [3.63, 3.8) is 0 Å². The second-order valence-electron chi connectivity index (χ2n) is 6.36. The van der Waals surface area contributed by atoms with Gasteiger partial charge in [-0.3, -0.25) is 9.59 Å². The fraction of sp³-hybridized carbons (Fsp3) is 0.556. The van der Waals surface area contributed by atoms with E-state index < -0.39 is 0 Å². The minimum atomic E-state index is 0.0711. The molecule has 0 aliphatic carbocycles. The van der Waals surface area contributed by atoms with E-state index in [0.717, 1.165) is 51.0 Å². The molecule has 0 aromatic heterocycles. The molecule has 0 bridgehead atoms. The molecule has 5 nitrogen and oxygen atoms in total. The molecule has 3 rings (SSSR count). The van der Waals surface area contributed by atoms with Crippen LogP contribution in [0, 0.1) is 5.92 Å². The van der Waals surface area contributed by atoms with Gasteiger partial charge in [0, 0.05) is 37.7 Å². The van der Waals surface area contributed by atoms with E-state index in [9.17, 15) is 9.59 Å². The van der Waals surface area contributed by atoms with Gasteiger partial charge in [-0.15, -0.1) is 0 Å². The van der Waals surface area contributed by atoms with Crippen LogP contribution < -0.4 is 5.32 Å². The van der Waals surface area contributed by atoms with Crippen LogP contribution >= 0.6 is 0 Å². The van der Waals surface area contributed by atoms with Crippen molar-refractivity contribution in [3.05, 3.63) is 35.9 Å². The molecule has 0 radical (unpaired) electrons. The molecule has 0 saturated carbocycles. The first kappa shape index (κ1) is 16.0. The van der Waals surface area contributed by atoms with Crippen molar-refractivity contribution in [1.82, 2.24) is 15.1 Å². The van der Waals surface area contributed by atoms with Gasteiger partial charge in [-0.1, -0.05) is 18.2 Å². The van der Waals surface area contributed by atoms with Gasteiger partial charge in [0.2, 0.25) is 5.91 Å². The second-order valence-corrected chi connectivity index (χ2v) is 6.36. The molecule has 2 aliphatic heterocycles. The summed E-state index contributed by atoms with van der Waals surface area (Å²) >= 11 is 0. The summed E-state index contributed by atoms with van der Waals surface area (Å²) in [6, 6.07) is 9.39. The Kier molecular flexibility index (Phi) is 5.28. The standard InChI is InChI=1S/C18H25N3O2/c22-17(15-5-2-1-3-6-15)20-11-4-12-21(14-13-20)18(23)16-7-9-19-10-8-16/h1-3,5-6,16,19H,4,7-14H2. The molecule has 1 aromatic carbocycles. The number of hydrogen-bond donors (Lipinski definition) is 1. The Labute approximate surface area is 137 Å². The van der Waals surface area contributed by atoms with E-state index >= 15 is 0 Å². The van der Waals surface area contributed by atoms with Crippen molar-refractivity contribution >= 4 is 11.8 Å². The molecule has 0 spiro atoms. The highest BCUT2D eigenvalue weighted by atomic mass is 16.2. The lowest BCUT2D eigenvalue weighted by Crippen LogP contribution is -2.43. The molecule has 2 aliphatic rings. The fourth-order valence-corrected chi connectivity index (χ4v) is 3.43. The number of carbonyl (C=O) groups is 2. The van der Waals surface area contributed by atoms with E-state index in [1.807, 2.05) is 40.1 Å². The lowest BCUT2D eigenvalue weighted by atomic mass is 9.96. The van der Waals surface area contributed by atoms with E-state index in [0.29, 0.717) is 13.1 Å². The van der Waals surface area contributed by atoms with E-state index in [4.69, 9.17) is 0 Å². The third-order valence-electron chi connectivity index (χ3n) is 4.80. The van der Waals surface area contributed by atoms with E-state index in [2.05, 4.69) is 5.32 Å². The molecule has 2 fully saturated rings. The smallest absolute Gasteiger partial charge is 0.253 e. The molecule has 23 heavy (non-hydrogen) atoms. The van der Waals surface area contributed by atoms with Crippen molar-refractivity contribution in [2.75, 3.05) is 39.3 Å². The van der Waals surface area contributed by atoms with Gasteiger partial charge in [-0.25, -0.2) is 0 Å². The maximum Gasteiger partial charge on any atom is 0.253 e. The predicted molar refractivity (Wildman–Crippen MR) is 89.1 cm³/mol. The average molecular weight is 315 g/mol. The third-order valence-corrected chi connectivity index (χ3v) is 4.80. The summed E-state index contributed by atoms with van der Waals surface area (Å²) in [5.41, 5.74) is 0.727. The Hall–Kier alpha value is -1.88. The average Bonchev–Trinajstić information content (AvgIpc) is 2.88. The van der Waals surface area contributed by atoms with Gasteiger partial charge in [-0.2, -0.15) is 0 Å². The van der Waals surface area contributed by atoms with Crippen LogP contribution in [-0.4, -0.2) is 60.9 Å². The van der Waals surface area contributed by atoms with Crippen LogP contribution in [0.4, 0.5) is 0 Å². The second kappa shape index (κ2) is 7.59. The van der Waals surface area contributed by atoms with Crippen LogP contribution in [-0.2, 0) is 4.79 Å². The van der Waals surface area contributed by atoms with Crippen molar-refractivity contribution in [3.8, 4) is 0 Å². The molecule has 1 N–H and O–H groups in total. The SMILES string of the molecule is O=C(c1ccccc1)N1CCCN(C(=O)C2CCNCC2)CC1. The molecule has 2 heterocycles. The zero-order valence-electron chi connectivity index (χ0n) is 13.5. The highest BCUT2D eigenvalue weighted by Crippen LogP contribution is 2.17. The van der Waals surface area contributed by atoms with Gasteiger partial charge in [0.05, 0.1) is 0 Å². The van der Waals surface area contributed by atoms with Crippen molar-refractivity contribution in [1.29, 1.82) is 0 Å². The van der Waals surface area contributed by atoms with Crippen LogP contribution in [0.5, 0.6) is 0 Å². The van der Waals surface area contributed by atoms with Crippen LogP contribution in [0.3, 0.4) is 0 Å². The molecule has 2 amide bonds. The molecule has 1 aromatic rings. The monoisotopic (exact) mass is 315 g/mol.